The molecule has 0 spiro atoms. The van der Waals surface area contributed by atoms with Crippen LogP contribution in [0.5, 0.6) is 11.5 Å². The third kappa shape index (κ3) is 5.23. The summed E-state index contributed by atoms with van der Waals surface area (Å²) in [6.07, 6.45) is 9.11. The number of hydrogen-bond donors (Lipinski definition) is 2. The molecule has 1 aliphatic carbocycles. The molecule has 1 heterocycles. The molecular weight excluding hydrogens is 412 g/mol. The first kappa shape index (κ1) is 25.2. The number of phenols is 2. The summed E-state index contributed by atoms with van der Waals surface area (Å²) in [5.41, 5.74) is 4.61. The van der Waals surface area contributed by atoms with Gasteiger partial charge in [-0.15, -0.1) is 0 Å². The lowest BCUT2D eigenvalue weighted by atomic mass is 9.73. The number of allylic oxidation sites excluding steroid dienone is 3. The summed E-state index contributed by atoms with van der Waals surface area (Å²) in [6, 6.07) is 1.53. The Morgan fingerprint density at radius 3 is 2.58 bits per heavy atom. The van der Waals surface area contributed by atoms with E-state index in [0.717, 1.165) is 74.7 Å². The van der Waals surface area contributed by atoms with Gasteiger partial charge in [-0.2, -0.15) is 0 Å². The molecule has 0 bridgehead atoms. The minimum atomic E-state index is -0.300. The summed E-state index contributed by atoms with van der Waals surface area (Å²) in [7, 11) is 1.81. The molecule has 3 rings (SSSR count). The first-order valence-corrected chi connectivity index (χ1v) is 12.6. The average molecular weight is 455 g/mol. The van der Waals surface area contributed by atoms with Gasteiger partial charge in [0.1, 0.15) is 11.5 Å². The van der Waals surface area contributed by atoms with E-state index in [1.54, 1.807) is 4.90 Å². The zero-order valence-electron chi connectivity index (χ0n) is 21.2. The number of hydrogen-bond acceptors (Lipinski definition) is 3. The van der Waals surface area contributed by atoms with E-state index < -0.39 is 0 Å². The molecule has 2 aliphatic rings. The second kappa shape index (κ2) is 10.7. The van der Waals surface area contributed by atoms with Crippen molar-refractivity contribution >= 4 is 6.03 Å². The van der Waals surface area contributed by atoms with Gasteiger partial charge >= 0.3 is 6.03 Å². The lowest BCUT2D eigenvalue weighted by Crippen LogP contribution is -2.49. The molecule has 5 nitrogen and oxygen atoms in total. The molecule has 1 aliphatic heterocycles. The van der Waals surface area contributed by atoms with Gasteiger partial charge in [0.05, 0.1) is 6.04 Å². The minimum absolute atomic E-state index is 0.00416. The summed E-state index contributed by atoms with van der Waals surface area (Å²) in [5, 5.41) is 22.8. The van der Waals surface area contributed by atoms with Crippen LogP contribution in [0.3, 0.4) is 0 Å². The Bertz CT molecular complexity index is 916. The highest BCUT2D eigenvalue weighted by atomic mass is 16.3. The van der Waals surface area contributed by atoms with Crippen molar-refractivity contribution in [3.63, 3.8) is 0 Å². The van der Waals surface area contributed by atoms with Crippen molar-refractivity contribution in [2.75, 3.05) is 20.1 Å². The number of carbonyl (C=O) groups excluding carboxylic acids is 1. The number of aryl methyl sites for hydroxylation is 1. The number of urea groups is 1. The van der Waals surface area contributed by atoms with Crippen molar-refractivity contribution in [3.8, 4) is 11.5 Å². The van der Waals surface area contributed by atoms with Crippen LogP contribution in [0, 0.1) is 5.92 Å². The van der Waals surface area contributed by atoms with Crippen LogP contribution >= 0.6 is 0 Å². The zero-order valence-corrected chi connectivity index (χ0v) is 21.2. The molecule has 1 aromatic rings. The number of carbonyl (C=O) groups is 1. The molecule has 5 heteroatoms. The third-order valence-corrected chi connectivity index (χ3v) is 7.63. The van der Waals surface area contributed by atoms with Crippen molar-refractivity contribution in [2.45, 2.75) is 84.6 Å². The SMILES string of the molecule is C=C(C)C1CCC(C)=CC1c1c(O)cc(CCCCC)c(C(C)N(C)C(=O)N2CCC2)c1O. The fourth-order valence-electron chi connectivity index (χ4n) is 5.30. The molecule has 2 amide bonds. The number of nitrogens with zero attached hydrogens (tertiary/aromatic N) is 2. The van der Waals surface area contributed by atoms with E-state index in [-0.39, 0.29) is 35.4 Å². The van der Waals surface area contributed by atoms with Crippen LogP contribution in [0.25, 0.3) is 0 Å². The van der Waals surface area contributed by atoms with Gasteiger partial charge in [0.25, 0.3) is 0 Å². The van der Waals surface area contributed by atoms with Crippen LogP contribution in [-0.2, 0) is 6.42 Å². The Labute approximate surface area is 199 Å². The predicted octanol–water partition coefficient (Wildman–Crippen LogP) is 6.67. The van der Waals surface area contributed by atoms with Gasteiger partial charge in [-0.25, -0.2) is 4.79 Å². The van der Waals surface area contributed by atoms with Gasteiger partial charge in [0, 0.05) is 37.2 Å². The van der Waals surface area contributed by atoms with Gasteiger partial charge in [-0.3, -0.25) is 0 Å². The average Bonchev–Trinajstić information content (AvgIpc) is 2.71. The summed E-state index contributed by atoms with van der Waals surface area (Å²) < 4.78 is 0. The molecule has 1 saturated heterocycles. The maximum atomic E-state index is 13.0. The van der Waals surface area contributed by atoms with E-state index in [1.807, 2.05) is 31.9 Å². The Balaban J connectivity index is 2.09. The summed E-state index contributed by atoms with van der Waals surface area (Å²) in [4.78, 5) is 16.5. The Morgan fingerprint density at radius 2 is 2.00 bits per heavy atom. The quantitative estimate of drug-likeness (QED) is 0.341. The van der Waals surface area contributed by atoms with Crippen LogP contribution in [0.4, 0.5) is 4.79 Å². The smallest absolute Gasteiger partial charge is 0.320 e. The van der Waals surface area contributed by atoms with E-state index in [1.165, 1.54) is 5.57 Å². The van der Waals surface area contributed by atoms with E-state index in [0.29, 0.717) is 5.56 Å². The van der Waals surface area contributed by atoms with Crippen LogP contribution in [0.15, 0.2) is 29.9 Å². The molecule has 0 radical (unpaired) electrons. The number of rotatable bonds is 8. The normalized spacial score (nSPS) is 21.2. The second-order valence-corrected chi connectivity index (χ2v) is 10.1. The van der Waals surface area contributed by atoms with Crippen LogP contribution < -0.4 is 0 Å². The second-order valence-electron chi connectivity index (χ2n) is 10.1. The maximum absolute atomic E-state index is 13.0. The fourth-order valence-corrected chi connectivity index (χ4v) is 5.30. The Morgan fingerprint density at radius 1 is 1.30 bits per heavy atom. The van der Waals surface area contributed by atoms with Gasteiger partial charge < -0.3 is 20.0 Å². The van der Waals surface area contributed by atoms with E-state index in [9.17, 15) is 15.0 Å². The molecule has 2 N–H and O–H groups in total. The van der Waals surface area contributed by atoms with Gasteiger partial charge in [0.15, 0.2) is 0 Å². The third-order valence-electron chi connectivity index (χ3n) is 7.63. The zero-order chi connectivity index (χ0) is 24.3. The highest BCUT2D eigenvalue weighted by molar-refractivity contribution is 5.76. The Hall–Kier alpha value is -2.43. The highest BCUT2D eigenvalue weighted by Gasteiger charge is 2.34. The summed E-state index contributed by atoms with van der Waals surface area (Å²) >= 11 is 0. The van der Waals surface area contributed by atoms with Crippen molar-refractivity contribution in [2.24, 2.45) is 5.92 Å². The molecule has 0 saturated carbocycles. The number of unbranched alkanes of at least 4 members (excludes halogenated alkanes) is 2. The molecule has 33 heavy (non-hydrogen) atoms. The maximum Gasteiger partial charge on any atom is 0.320 e. The molecule has 182 valence electrons. The highest BCUT2D eigenvalue weighted by Crippen LogP contribution is 2.49. The van der Waals surface area contributed by atoms with Crippen molar-refractivity contribution in [3.05, 3.63) is 46.6 Å². The lowest BCUT2D eigenvalue weighted by molar-refractivity contribution is 0.123. The van der Waals surface area contributed by atoms with E-state index in [4.69, 9.17) is 0 Å². The van der Waals surface area contributed by atoms with Crippen molar-refractivity contribution in [1.82, 2.24) is 9.80 Å². The molecule has 0 aromatic heterocycles. The predicted molar refractivity (Wildman–Crippen MR) is 135 cm³/mol. The topological polar surface area (TPSA) is 64.0 Å². The Kier molecular flexibility index (Phi) is 8.14. The molecule has 3 unspecified atom stereocenters. The number of benzene rings is 1. The monoisotopic (exact) mass is 454 g/mol. The summed E-state index contributed by atoms with van der Waals surface area (Å²) in [5.74, 6) is 0.330. The molecule has 1 fully saturated rings. The molecular formula is C28H42N2O3. The number of likely N-dealkylation sites (tertiary alicyclic amines) is 1. The number of aromatic hydroxyl groups is 2. The van der Waals surface area contributed by atoms with Crippen LogP contribution in [-0.4, -0.2) is 46.2 Å². The van der Waals surface area contributed by atoms with Gasteiger partial charge in [-0.05, 0) is 70.4 Å². The summed E-state index contributed by atoms with van der Waals surface area (Å²) in [6.45, 7) is 14.1. The van der Waals surface area contributed by atoms with Crippen LogP contribution in [0.2, 0.25) is 0 Å². The van der Waals surface area contributed by atoms with E-state index in [2.05, 4.69) is 26.5 Å². The fraction of sp³-hybridized carbons (Fsp3) is 0.607. The van der Waals surface area contributed by atoms with Crippen LogP contribution in [0.1, 0.15) is 94.9 Å². The molecule has 3 atom stereocenters. The van der Waals surface area contributed by atoms with E-state index >= 15 is 0 Å². The van der Waals surface area contributed by atoms with Crippen molar-refractivity contribution in [1.29, 1.82) is 0 Å². The minimum Gasteiger partial charge on any atom is -0.507 e. The standard InChI is InChI=1S/C28H42N2O3/c1-7-8-9-11-21-17-24(31)26(23-16-19(4)12-13-22(23)18(2)3)27(32)25(21)20(5)29(6)28(33)30-14-10-15-30/h16-17,20,22-23,31-32H,2,7-15H2,1,3-6H3. The number of phenolic OH excluding ortho intramolecular Hbond substituents is 2. The largest absolute Gasteiger partial charge is 0.507 e. The van der Waals surface area contributed by atoms with Crippen molar-refractivity contribution < 1.29 is 15.0 Å². The van der Waals surface area contributed by atoms with Gasteiger partial charge in [0.2, 0.25) is 0 Å². The lowest BCUT2D eigenvalue weighted by Gasteiger charge is -2.38. The van der Waals surface area contributed by atoms with Gasteiger partial charge in [-0.1, -0.05) is 43.6 Å². The first-order valence-electron chi connectivity index (χ1n) is 12.6. The first-order chi connectivity index (χ1) is 15.7. The number of amides is 2. The molecule has 1 aromatic carbocycles.